The number of hydrogen-bond acceptors (Lipinski definition) is 8. The summed E-state index contributed by atoms with van der Waals surface area (Å²) in [5.74, 6) is 0.414. The fourth-order valence-corrected chi connectivity index (χ4v) is 7.68. The lowest BCUT2D eigenvalue weighted by Crippen LogP contribution is -2.53. The van der Waals surface area contributed by atoms with E-state index in [1.807, 2.05) is 31.0 Å². The Labute approximate surface area is 248 Å². The summed E-state index contributed by atoms with van der Waals surface area (Å²) < 4.78 is 50.6. The molecule has 12 heteroatoms. The number of fused-ring (bicyclic) bond motifs is 3. The van der Waals surface area contributed by atoms with Crippen LogP contribution in [-0.2, 0) is 16.4 Å². The molecule has 43 heavy (non-hydrogen) atoms. The monoisotopic (exact) mass is 600 g/mol. The van der Waals surface area contributed by atoms with Crippen LogP contribution in [0.4, 0.5) is 10.2 Å². The summed E-state index contributed by atoms with van der Waals surface area (Å²) in [5.41, 5.74) is 3.06. The zero-order valence-corrected chi connectivity index (χ0v) is 24.5. The van der Waals surface area contributed by atoms with Crippen LogP contribution in [0.2, 0.25) is 0 Å². The van der Waals surface area contributed by atoms with Crippen molar-refractivity contribution in [3.05, 3.63) is 95.0 Å². The normalized spacial score (nSPS) is 20.0. The second-order valence-electron chi connectivity index (χ2n) is 11.3. The van der Waals surface area contributed by atoms with Crippen molar-refractivity contribution in [2.45, 2.75) is 24.7 Å². The Hall–Kier alpha value is -4.42. The third-order valence-electron chi connectivity index (χ3n) is 8.53. The van der Waals surface area contributed by atoms with Gasteiger partial charge in [0.15, 0.2) is 17.4 Å². The van der Waals surface area contributed by atoms with Crippen LogP contribution in [0, 0.1) is 18.2 Å². The number of piperidine rings is 1. The highest BCUT2D eigenvalue weighted by Gasteiger charge is 2.51. The number of rotatable bonds is 5. The fraction of sp³-hybridized carbons (Fsp3) is 0.290. The van der Waals surface area contributed by atoms with Gasteiger partial charge in [-0.15, -0.1) is 0 Å². The first-order chi connectivity index (χ1) is 20.7. The van der Waals surface area contributed by atoms with E-state index in [-0.39, 0.29) is 41.7 Å². The van der Waals surface area contributed by atoms with Gasteiger partial charge < -0.3 is 9.64 Å². The largest absolute Gasteiger partial charge is 0.488 e. The number of nitrogens with zero attached hydrogens (tertiary/aromatic N) is 6. The molecule has 0 saturated carbocycles. The predicted octanol–water partition coefficient (Wildman–Crippen LogP) is 3.84. The minimum Gasteiger partial charge on any atom is -0.488 e. The molecule has 1 fully saturated rings. The first-order valence-electron chi connectivity index (χ1n) is 14.0. The highest BCUT2D eigenvalue weighted by Crippen LogP contribution is 2.47. The van der Waals surface area contributed by atoms with Gasteiger partial charge in [-0.1, -0.05) is 5.57 Å². The topological polar surface area (TPSA) is 111 Å². The van der Waals surface area contributed by atoms with Gasteiger partial charge in [-0.25, -0.2) is 22.5 Å². The lowest BCUT2D eigenvalue weighted by molar-refractivity contribution is 0.0770. The van der Waals surface area contributed by atoms with Crippen LogP contribution in [0.15, 0.2) is 71.5 Å². The lowest BCUT2D eigenvalue weighted by atomic mass is 9.65. The van der Waals surface area contributed by atoms with Crippen LogP contribution in [0.25, 0.3) is 11.8 Å². The van der Waals surface area contributed by atoms with Crippen LogP contribution in [0.1, 0.15) is 33.7 Å². The molecular formula is C31H29FN6O4S. The fourth-order valence-electron chi connectivity index (χ4n) is 6.22. The number of sulfonamides is 1. The van der Waals surface area contributed by atoms with E-state index in [2.05, 4.69) is 15.1 Å². The second-order valence-corrected chi connectivity index (χ2v) is 13.2. The van der Waals surface area contributed by atoms with Crippen molar-refractivity contribution in [3.8, 4) is 11.4 Å². The summed E-state index contributed by atoms with van der Waals surface area (Å²) in [5, 5.41) is 4.56. The minimum atomic E-state index is -4.03. The molecule has 0 N–H and O–H groups in total. The molecule has 1 aromatic carbocycles. The Morgan fingerprint density at radius 3 is 2.67 bits per heavy atom. The van der Waals surface area contributed by atoms with E-state index in [0.29, 0.717) is 36.8 Å². The van der Waals surface area contributed by atoms with Crippen LogP contribution in [0.3, 0.4) is 0 Å². The molecule has 10 nitrogen and oxygen atoms in total. The highest BCUT2D eigenvalue weighted by atomic mass is 32.2. The summed E-state index contributed by atoms with van der Waals surface area (Å²) in [6, 6.07) is 11.1. The summed E-state index contributed by atoms with van der Waals surface area (Å²) in [6.07, 6.45) is 7.16. The molecule has 5 heterocycles. The third kappa shape index (κ3) is 4.52. The number of ether oxygens (including phenoxy) is 1. The highest BCUT2D eigenvalue weighted by molar-refractivity contribution is 7.89. The number of halogens is 1. The molecule has 0 amide bonds. The number of likely N-dealkylation sites (N-methyl/N-ethyl adjacent to an activating group) is 1. The number of pyridine rings is 2. The molecule has 7 rings (SSSR count). The number of anilines is 1. The van der Waals surface area contributed by atoms with E-state index in [4.69, 9.17) is 4.74 Å². The number of carbonyl (C=O) groups is 1. The van der Waals surface area contributed by atoms with Gasteiger partial charge in [0.2, 0.25) is 10.0 Å². The maximum absolute atomic E-state index is 14.4. The van der Waals surface area contributed by atoms with E-state index < -0.39 is 15.4 Å². The van der Waals surface area contributed by atoms with E-state index in [9.17, 15) is 17.6 Å². The molecule has 0 spiro atoms. The van der Waals surface area contributed by atoms with Gasteiger partial charge in [0.25, 0.3) is 0 Å². The molecule has 0 radical (unpaired) electrons. The molecular weight excluding hydrogens is 571 g/mol. The zero-order chi connectivity index (χ0) is 29.9. The van der Waals surface area contributed by atoms with Gasteiger partial charge >= 0.3 is 0 Å². The summed E-state index contributed by atoms with van der Waals surface area (Å²) in [4.78, 5) is 25.2. The van der Waals surface area contributed by atoms with Crippen LogP contribution >= 0.6 is 0 Å². The molecule has 1 aliphatic carbocycles. The molecule has 3 aliphatic rings. The quantitative estimate of drug-likeness (QED) is 0.318. The van der Waals surface area contributed by atoms with E-state index in [1.165, 1.54) is 28.7 Å². The molecule has 1 unspecified atom stereocenters. The van der Waals surface area contributed by atoms with Gasteiger partial charge in [0.05, 0.1) is 29.5 Å². The van der Waals surface area contributed by atoms with Crippen molar-refractivity contribution in [2.75, 3.05) is 38.2 Å². The second kappa shape index (κ2) is 10.1. The van der Waals surface area contributed by atoms with E-state index in [0.717, 1.165) is 22.4 Å². The van der Waals surface area contributed by atoms with Crippen molar-refractivity contribution >= 4 is 27.7 Å². The molecule has 1 atom stereocenters. The predicted molar refractivity (Wildman–Crippen MR) is 157 cm³/mol. The zero-order valence-electron chi connectivity index (χ0n) is 23.7. The number of hydrogen-bond donors (Lipinski definition) is 0. The Morgan fingerprint density at radius 1 is 1.07 bits per heavy atom. The number of benzene rings is 1. The smallest absolute Gasteiger partial charge is 0.244 e. The van der Waals surface area contributed by atoms with E-state index >= 15 is 0 Å². The van der Waals surface area contributed by atoms with Crippen molar-refractivity contribution in [3.63, 3.8) is 0 Å². The number of Topliss-reactive ketones (excluding diaryl/α,β-unsaturated/α-hetero) is 1. The van der Waals surface area contributed by atoms with Crippen LogP contribution in [-0.4, -0.2) is 71.5 Å². The minimum absolute atomic E-state index is 0.0193. The molecule has 4 aromatic rings. The molecule has 1 saturated heterocycles. The molecule has 2 aliphatic heterocycles. The SMILES string of the molecule is Cc1ccnc(C(=O)C23Cc4cnn(-c5ccc(F)cc5)c4C=C2CCN(S(=O)(=O)c2cnc4c(c2)OCCN4C)C3)c1. The third-order valence-corrected chi connectivity index (χ3v) is 10.3. The Kier molecular flexibility index (Phi) is 6.44. The summed E-state index contributed by atoms with van der Waals surface area (Å²) in [6.45, 7) is 3.10. The van der Waals surface area contributed by atoms with Crippen molar-refractivity contribution < 1.29 is 22.3 Å². The average molecular weight is 601 g/mol. The van der Waals surface area contributed by atoms with Gasteiger partial charge in [-0.2, -0.15) is 9.40 Å². The molecule has 0 bridgehead atoms. The maximum Gasteiger partial charge on any atom is 0.244 e. The van der Waals surface area contributed by atoms with Crippen molar-refractivity contribution in [1.29, 1.82) is 0 Å². The maximum atomic E-state index is 14.4. The first kappa shape index (κ1) is 27.4. The average Bonchev–Trinajstić information content (AvgIpc) is 3.41. The van der Waals surface area contributed by atoms with Gasteiger partial charge in [-0.05, 0) is 73.4 Å². The molecule has 220 valence electrons. The number of ketones is 1. The van der Waals surface area contributed by atoms with Crippen LogP contribution < -0.4 is 9.64 Å². The van der Waals surface area contributed by atoms with E-state index in [1.54, 1.807) is 35.3 Å². The van der Waals surface area contributed by atoms with Gasteiger partial charge in [-0.3, -0.25) is 9.78 Å². The Balaban J connectivity index is 1.30. The van der Waals surface area contributed by atoms with Gasteiger partial charge in [0, 0.05) is 38.6 Å². The first-order valence-corrected chi connectivity index (χ1v) is 15.5. The summed E-state index contributed by atoms with van der Waals surface area (Å²) in [7, 11) is -2.15. The molecule has 3 aromatic heterocycles. The Morgan fingerprint density at radius 2 is 1.88 bits per heavy atom. The van der Waals surface area contributed by atoms with Crippen LogP contribution in [0.5, 0.6) is 5.75 Å². The van der Waals surface area contributed by atoms with Crippen molar-refractivity contribution in [1.82, 2.24) is 24.1 Å². The number of carbonyl (C=O) groups excluding carboxylic acids is 1. The van der Waals surface area contributed by atoms with Gasteiger partial charge in [0.1, 0.15) is 23.0 Å². The van der Waals surface area contributed by atoms with Crippen molar-refractivity contribution in [2.24, 2.45) is 5.41 Å². The lowest BCUT2D eigenvalue weighted by Gasteiger charge is -2.44. The number of aryl methyl sites for hydroxylation is 1. The standard InChI is InChI=1S/C31H29FN6O4S/c1-20-7-9-33-26(13-20)29(39)31-16-21-17-35-38(24-5-3-23(32)4-6-24)27(21)14-22(31)8-10-37(19-31)43(40,41)25-15-28-30(34-18-25)36(2)11-12-42-28/h3-7,9,13-15,17-18H,8,10-12,16,19H2,1-2H3. The number of aromatic nitrogens is 4. The Bertz CT molecular complexity index is 1910. The summed E-state index contributed by atoms with van der Waals surface area (Å²) >= 11 is 0.